The predicted molar refractivity (Wildman–Crippen MR) is 79.2 cm³/mol. The summed E-state index contributed by atoms with van der Waals surface area (Å²) in [6.07, 6.45) is 3.76. The minimum absolute atomic E-state index is 0.545. The molecule has 0 saturated carbocycles. The molecule has 108 valence electrons. The first-order valence-electron chi connectivity index (χ1n) is 7.24. The van der Waals surface area contributed by atoms with E-state index in [1.54, 1.807) is 13.2 Å². The highest BCUT2D eigenvalue weighted by atomic mass is 16.5. The number of piperidine rings is 1. The largest absolute Gasteiger partial charge is 0.496 e. The number of rotatable bonds is 4. The Morgan fingerprint density at radius 2 is 2.05 bits per heavy atom. The zero-order valence-corrected chi connectivity index (χ0v) is 12.5. The fourth-order valence-corrected chi connectivity index (χ4v) is 2.90. The van der Waals surface area contributed by atoms with Crippen molar-refractivity contribution < 1.29 is 4.74 Å². The van der Waals surface area contributed by atoms with Gasteiger partial charge in [0.25, 0.3) is 0 Å². The van der Waals surface area contributed by atoms with E-state index >= 15 is 0 Å². The van der Waals surface area contributed by atoms with Crippen molar-refractivity contribution in [2.45, 2.75) is 51.7 Å². The predicted octanol–water partition coefficient (Wildman–Crippen LogP) is 2.83. The third-order valence-corrected chi connectivity index (χ3v) is 4.06. The lowest BCUT2D eigenvalue weighted by Crippen LogP contribution is -2.51. The Morgan fingerprint density at radius 3 is 2.65 bits per heavy atom. The molecule has 1 fully saturated rings. The van der Waals surface area contributed by atoms with Crippen molar-refractivity contribution in [1.29, 1.82) is 5.26 Å². The van der Waals surface area contributed by atoms with E-state index in [1.165, 1.54) is 19.3 Å². The molecule has 1 aromatic rings. The lowest BCUT2D eigenvalue weighted by atomic mass is 10.00. The van der Waals surface area contributed by atoms with E-state index in [4.69, 9.17) is 10.00 Å². The molecular formula is C16H23N3O. The Morgan fingerprint density at radius 1 is 1.35 bits per heavy atom. The van der Waals surface area contributed by atoms with Crippen molar-refractivity contribution >= 4 is 0 Å². The summed E-state index contributed by atoms with van der Waals surface area (Å²) in [4.78, 5) is 0. The maximum atomic E-state index is 9.01. The fraction of sp³-hybridized carbons (Fsp3) is 0.562. The lowest BCUT2D eigenvalue weighted by molar-refractivity contribution is 0.0433. The van der Waals surface area contributed by atoms with E-state index in [-0.39, 0.29) is 0 Å². The molecule has 1 N–H and O–H groups in total. The molecular weight excluding hydrogens is 250 g/mol. The minimum Gasteiger partial charge on any atom is -0.496 e. The van der Waals surface area contributed by atoms with Gasteiger partial charge in [-0.05, 0) is 44.9 Å². The van der Waals surface area contributed by atoms with Gasteiger partial charge in [-0.3, -0.25) is 5.43 Å². The van der Waals surface area contributed by atoms with Crippen LogP contribution < -0.4 is 10.2 Å². The molecule has 0 amide bonds. The number of hydrogen-bond donors (Lipinski definition) is 1. The molecule has 20 heavy (non-hydrogen) atoms. The average molecular weight is 273 g/mol. The normalized spacial score (nSPS) is 23.3. The Balaban J connectivity index is 2.08. The summed E-state index contributed by atoms with van der Waals surface area (Å²) >= 11 is 0. The van der Waals surface area contributed by atoms with E-state index in [0.29, 0.717) is 24.2 Å². The summed E-state index contributed by atoms with van der Waals surface area (Å²) in [5.41, 5.74) is 5.20. The van der Waals surface area contributed by atoms with Crippen LogP contribution in [0.3, 0.4) is 0 Å². The lowest BCUT2D eigenvalue weighted by Gasteiger charge is -2.39. The number of nitrogens with zero attached hydrogens (tertiary/aromatic N) is 2. The molecule has 1 aliphatic rings. The maximum Gasteiger partial charge on any atom is 0.123 e. The van der Waals surface area contributed by atoms with E-state index < -0.39 is 0 Å². The summed E-state index contributed by atoms with van der Waals surface area (Å²) in [5, 5.41) is 11.3. The van der Waals surface area contributed by atoms with Gasteiger partial charge in [-0.1, -0.05) is 6.42 Å². The second kappa shape index (κ2) is 6.74. The number of nitrogens with one attached hydrogen (secondary N) is 1. The van der Waals surface area contributed by atoms with E-state index in [0.717, 1.165) is 11.3 Å². The highest BCUT2D eigenvalue weighted by molar-refractivity contribution is 5.41. The van der Waals surface area contributed by atoms with Crippen LogP contribution in [0.4, 0.5) is 0 Å². The molecule has 4 heteroatoms. The van der Waals surface area contributed by atoms with Gasteiger partial charge in [-0.15, -0.1) is 0 Å². The number of benzene rings is 1. The van der Waals surface area contributed by atoms with E-state index in [2.05, 4.69) is 30.4 Å². The first-order chi connectivity index (χ1) is 9.65. The number of nitriles is 1. The van der Waals surface area contributed by atoms with E-state index in [1.807, 2.05) is 12.1 Å². The van der Waals surface area contributed by atoms with Crippen molar-refractivity contribution in [3.63, 3.8) is 0 Å². The van der Waals surface area contributed by atoms with Gasteiger partial charge in [-0.2, -0.15) is 5.26 Å². The fourth-order valence-electron chi connectivity index (χ4n) is 2.90. The number of ether oxygens (including phenoxy) is 1. The molecule has 0 radical (unpaired) electrons. The zero-order valence-electron chi connectivity index (χ0n) is 12.5. The van der Waals surface area contributed by atoms with Crippen LogP contribution in [0.15, 0.2) is 18.2 Å². The minimum atomic E-state index is 0.545. The Kier molecular flexibility index (Phi) is 4.99. The summed E-state index contributed by atoms with van der Waals surface area (Å²) in [5.74, 6) is 0.828. The first kappa shape index (κ1) is 14.8. The second-order valence-electron chi connectivity index (χ2n) is 5.51. The van der Waals surface area contributed by atoms with Gasteiger partial charge in [0, 0.05) is 24.2 Å². The summed E-state index contributed by atoms with van der Waals surface area (Å²) < 4.78 is 5.37. The van der Waals surface area contributed by atoms with Crippen LogP contribution in [0.1, 0.15) is 44.2 Å². The van der Waals surface area contributed by atoms with Gasteiger partial charge in [-0.25, -0.2) is 5.01 Å². The number of methoxy groups -OCH3 is 1. The molecule has 2 atom stereocenters. The highest BCUT2D eigenvalue weighted by Gasteiger charge is 2.24. The quantitative estimate of drug-likeness (QED) is 0.916. The van der Waals surface area contributed by atoms with Gasteiger partial charge in [0.15, 0.2) is 0 Å². The van der Waals surface area contributed by atoms with Crippen molar-refractivity contribution in [2.24, 2.45) is 0 Å². The molecule has 0 bridgehead atoms. The monoisotopic (exact) mass is 273 g/mol. The van der Waals surface area contributed by atoms with E-state index in [9.17, 15) is 0 Å². The van der Waals surface area contributed by atoms with Crippen LogP contribution in [0, 0.1) is 11.3 Å². The van der Waals surface area contributed by atoms with Crippen LogP contribution in [-0.2, 0) is 6.54 Å². The summed E-state index contributed by atoms with van der Waals surface area (Å²) in [6, 6.07) is 8.81. The molecule has 1 saturated heterocycles. The Hall–Kier alpha value is -1.57. The Bertz CT molecular complexity index is 485. The molecule has 0 aromatic heterocycles. The van der Waals surface area contributed by atoms with Crippen LogP contribution in [0.5, 0.6) is 5.75 Å². The summed E-state index contributed by atoms with van der Waals surface area (Å²) in [7, 11) is 1.66. The van der Waals surface area contributed by atoms with Crippen LogP contribution in [0.25, 0.3) is 0 Å². The molecule has 2 unspecified atom stereocenters. The van der Waals surface area contributed by atoms with Gasteiger partial charge in [0.2, 0.25) is 0 Å². The third kappa shape index (κ3) is 3.30. The van der Waals surface area contributed by atoms with Crippen molar-refractivity contribution in [1.82, 2.24) is 10.4 Å². The number of hydrogen-bond acceptors (Lipinski definition) is 4. The van der Waals surface area contributed by atoms with Crippen LogP contribution in [0.2, 0.25) is 0 Å². The van der Waals surface area contributed by atoms with Crippen LogP contribution >= 0.6 is 0 Å². The van der Waals surface area contributed by atoms with Gasteiger partial charge in [0.1, 0.15) is 5.75 Å². The standard InChI is InChI=1S/C16H23N3O/c1-12-5-4-6-13(2)19(12)18-11-15-9-14(10-17)7-8-16(15)20-3/h7-9,12-13,18H,4-6,11H2,1-3H3. The van der Waals surface area contributed by atoms with Crippen molar-refractivity contribution in [3.05, 3.63) is 29.3 Å². The van der Waals surface area contributed by atoms with Gasteiger partial charge in [0.05, 0.1) is 18.7 Å². The van der Waals surface area contributed by atoms with Gasteiger partial charge < -0.3 is 4.74 Å². The Labute approximate surface area is 121 Å². The molecule has 2 rings (SSSR count). The summed E-state index contributed by atoms with van der Waals surface area (Å²) in [6.45, 7) is 5.20. The molecule has 4 nitrogen and oxygen atoms in total. The van der Waals surface area contributed by atoms with Gasteiger partial charge >= 0.3 is 0 Å². The SMILES string of the molecule is COc1ccc(C#N)cc1CNN1C(C)CCCC1C. The first-order valence-corrected chi connectivity index (χ1v) is 7.24. The van der Waals surface area contributed by atoms with Crippen molar-refractivity contribution in [2.75, 3.05) is 7.11 Å². The molecule has 0 aliphatic carbocycles. The zero-order chi connectivity index (χ0) is 14.5. The maximum absolute atomic E-state index is 9.01. The molecule has 1 aromatic carbocycles. The second-order valence-corrected chi connectivity index (χ2v) is 5.51. The third-order valence-electron chi connectivity index (χ3n) is 4.06. The molecule has 1 aliphatic heterocycles. The highest BCUT2D eigenvalue weighted by Crippen LogP contribution is 2.23. The van der Waals surface area contributed by atoms with Crippen LogP contribution in [-0.4, -0.2) is 24.2 Å². The average Bonchev–Trinajstić information content (AvgIpc) is 2.46. The molecule has 1 heterocycles. The van der Waals surface area contributed by atoms with Crippen molar-refractivity contribution in [3.8, 4) is 11.8 Å². The topological polar surface area (TPSA) is 48.3 Å². The number of hydrazine groups is 1. The smallest absolute Gasteiger partial charge is 0.123 e. The molecule has 0 spiro atoms.